The lowest BCUT2D eigenvalue weighted by Crippen LogP contribution is -2.61. The maximum absolute atomic E-state index is 13.1. The van der Waals surface area contributed by atoms with Crippen molar-refractivity contribution in [3.8, 4) is 0 Å². The van der Waals surface area contributed by atoms with E-state index in [1.807, 2.05) is 4.90 Å². The van der Waals surface area contributed by atoms with E-state index in [4.69, 9.17) is 0 Å². The number of rotatable bonds is 2. The van der Waals surface area contributed by atoms with Crippen LogP contribution in [0.5, 0.6) is 0 Å². The van der Waals surface area contributed by atoms with Crippen molar-refractivity contribution in [3.05, 3.63) is 29.8 Å². The molecule has 2 N–H and O–H groups in total. The standard InChI is InChI=1S/C20H25N3O3/c24-18(17-15(19(25)26)10-20(5-6-20)12-21-17)22-7-8-23-14(11-22)9-13-3-1-2-4-16(13)23/h1-4,14-15,17,21H,5-12H2,(H,25,26). The topological polar surface area (TPSA) is 72.9 Å². The molecule has 3 heterocycles. The van der Waals surface area contributed by atoms with Crippen molar-refractivity contribution >= 4 is 17.6 Å². The summed E-state index contributed by atoms with van der Waals surface area (Å²) in [4.78, 5) is 29.2. The number of amides is 1. The van der Waals surface area contributed by atoms with Gasteiger partial charge in [-0.25, -0.2) is 0 Å². The van der Waals surface area contributed by atoms with Crippen molar-refractivity contribution in [3.63, 3.8) is 0 Å². The van der Waals surface area contributed by atoms with Gasteiger partial charge >= 0.3 is 5.97 Å². The molecule has 3 unspecified atom stereocenters. The second-order valence-electron chi connectivity index (χ2n) is 8.47. The van der Waals surface area contributed by atoms with Crippen molar-refractivity contribution in [1.29, 1.82) is 0 Å². The van der Waals surface area contributed by atoms with Crippen LogP contribution in [0.15, 0.2) is 24.3 Å². The first-order valence-electron chi connectivity index (χ1n) is 9.66. The minimum absolute atomic E-state index is 0.0245. The predicted octanol–water partition coefficient (Wildman–Crippen LogP) is 1.10. The summed E-state index contributed by atoms with van der Waals surface area (Å²) in [7, 11) is 0. The summed E-state index contributed by atoms with van der Waals surface area (Å²) in [5.41, 5.74) is 2.78. The zero-order chi connectivity index (χ0) is 17.9. The molecule has 1 saturated carbocycles. The number of hydrogen-bond donors (Lipinski definition) is 2. The Kier molecular flexibility index (Phi) is 3.54. The van der Waals surface area contributed by atoms with E-state index in [1.54, 1.807) is 0 Å². The molecule has 0 aromatic heterocycles. The highest BCUT2D eigenvalue weighted by Gasteiger charge is 2.53. The summed E-state index contributed by atoms with van der Waals surface area (Å²) in [5, 5.41) is 13.0. The highest BCUT2D eigenvalue weighted by molar-refractivity contribution is 5.88. The van der Waals surface area contributed by atoms with E-state index in [-0.39, 0.29) is 11.3 Å². The third kappa shape index (κ3) is 2.50. The van der Waals surface area contributed by atoms with Crippen molar-refractivity contribution in [2.45, 2.75) is 37.8 Å². The molecule has 3 atom stereocenters. The summed E-state index contributed by atoms with van der Waals surface area (Å²) in [6, 6.07) is 8.19. The second kappa shape index (κ2) is 5.71. The minimum Gasteiger partial charge on any atom is -0.481 e. The van der Waals surface area contributed by atoms with Gasteiger partial charge in [-0.05, 0) is 42.7 Å². The molecule has 4 aliphatic rings. The third-order valence-electron chi connectivity index (χ3n) is 6.84. The first kappa shape index (κ1) is 16.1. The Hall–Kier alpha value is -2.08. The van der Waals surface area contributed by atoms with E-state index in [9.17, 15) is 14.7 Å². The van der Waals surface area contributed by atoms with Gasteiger partial charge in [0.15, 0.2) is 0 Å². The largest absolute Gasteiger partial charge is 0.481 e. The van der Waals surface area contributed by atoms with E-state index in [2.05, 4.69) is 34.5 Å². The Morgan fingerprint density at radius 2 is 2.00 bits per heavy atom. The van der Waals surface area contributed by atoms with Crippen LogP contribution in [0.4, 0.5) is 5.69 Å². The van der Waals surface area contributed by atoms with Gasteiger partial charge in [-0.2, -0.15) is 0 Å². The number of benzene rings is 1. The third-order valence-corrected chi connectivity index (χ3v) is 6.84. The van der Waals surface area contributed by atoms with Gasteiger partial charge in [-0.15, -0.1) is 0 Å². The SMILES string of the molecule is O=C(O)C1CC2(CC2)CNC1C(=O)N1CCN2c3ccccc3CC2C1. The minimum atomic E-state index is -0.839. The number of nitrogens with zero attached hydrogens (tertiary/aromatic N) is 2. The molecule has 1 aromatic rings. The molecule has 3 fully saturated rings. The van der Waals surface area contributed by atoms with Crippen LogP contribution < -0.4 is 10.2 Å². The average Bonchev–Trinajstić information content (AvgIpc) is 3.29. The molecular formula is C20H25N3O3. The van der Waals surface area contributed by atoms with Crippen molar-refractivity contribution in [2.75, 3.05) is 31.1 Å². The monoisotopic (exact) mass is 355 g/mol. The zero-order valence-electron chi connectivity index (χ0n) is 14.9. The van der Waals surface area contributed by atoms with Crippen LogP contribution in [0, 0.1) is 11.3 Å². The van der Waals surface area contributed by atoms with Crippen molar-refractivity contribution < 1.29 is 14.7 Å². The van der Waals surface area contributed by atoms with E-state index in [1.165, 1.54) is 11.3 Å². The van der Waals surface area contributed by atoms with Crippen LogP contribution in [-0.4, -0.2) is 60.1 Å². The molecule has 0 bridgehead atoms. The maximum atomic E-state index is 13.1. The maximum Gasteiger partial charge on any atom is 0.308 e. The highest BCUT2D eigenvalue weighted by Crippen LogP contribution is 2.52. The van der Waals surface area contributed by atoms with E-state index >= 15 is 0 Å². The number of piperazine rings is 1. The van der Waals surface area contributed by atoms with Gasteiger partial charge in [0.05, 0.1) is 12.0 Å². The molecule has 6 heteroatoms. The summed E-state index contributed by atoms with van der Waals surface area (Å²) >= 11 is 0. The number of carbonyl (C=O) groups is 2. The molecule has 1 amide bonds. The van der Waals surface area contributed by atoms with Gasteiger partial charge in [-0.3, -0.25) is 9.59 Å². The van der Waals surface area contributed by atoms with Gasteiger partial charge in [0.25, 0.3) is 0 Å². The number of carbonyl (C=O) groups excluding carboxylic acids is 1. The van der Waals surface area contributed by atoms with Gasteiger partial charge in [0, 0.05) is 31.9 Å². The van der Waals surface area contributed by atoms with Crippen molar-refractivity contribution in [1.82, 2.24) is 10.2 Å². The molecule has 0 radical (unpaired) electrons. The number of hydrogen-bond acceptors (Lipinski definition) is 4. The molecule has 3 aliphatic heterocycles. The average molecular weight is 355 g/mol. The van der Waals surface area contributed by atoms with Gasteiger partial charge < -0.3 is 20.2 Å². The second-order valence-corrected chi connectivity index (χ2v) is 8.47. The molecule has 1 spiro atoms. The molecule has 1 aliphatic carbocycles. The Morgan fingerprint density at radius 1 is 1.19 bits per heavy atom. The molecule has 6 nitrogen and oxygen atoms in total. The first-order valence-corrected chi connectivity index (χ1v) is 9.66. The Labute approximate surface area is 153 Å². The van der Waals surface area contributed by atoms with Crippen LogP contribution in [-0.2, 0) is 16.0 Å². The van der Waals surface area contributed by atoms with Gasteiger partial charge in [0.2, 0.25) is 5.91 Å². The predicted molar refractivity (Wildman–Crippen MR) is 97.1 cm³/mol. The molecule has 26 heavy (non-hydrogen) atoms. The number of carboxylic acid groups (broad SMARTS) is 1. The molecule has 2 saturated heterocycles. The normalized spacial score (nSPS) is 31.5. The fraction of sp³-hybridized carbons (Fsp3) is 0.600. The van der Waals surface area contributed by atoms with Crippen LogP contribution in [0.25, 0.3) is 0 Å². The molecule has 5 rings (SSSR count). The number of piperidine rings is 1. The first-order chi connectivity index (χ1) is 12.6. The molecule has 138 valence electrons. The number of para-hydroxylation sites is 1. The van der Waals surface area contributed by atoms with E-state index in [0.717, 1.165) is 32.4 Å². The van der Waals surface area contributed by atoms with Gasteiger partial charge in [0.1, 0.15) is 6.04 Å². The lowest BCUT2D eigenvalue weighted by molar-refractivity contribution is -0.150. The summed E-state index contributed by atoms with van der Waals surface area (Å²) < 4.78 is 0. The van der Waals surface area contributed by atoms with Crippen molar-refractivity contribution in [2.24, 2.45) is 11.3 Å². The number of anilines is 1. The quantitative estimate of drug-likeness (QED) is 0.831. The smallest absolute Gasteiger partial charge is 0.308 e. The van der Waals surface area contributed by atoms with E-state index < -0.39 is 17.9 Å². The Balaban J connectivity index is 1.30. The van der Waals surface area contributed by atoms with Crippen LogP contribution in [0.1, 0.15) is 24.8 Å². The zero-order valence-corrected chi connectivity index (χ0v) is 14.9. The Bertz CT molecular complexity index is 760. The fourth-order valence-corrected chi connectivity index (χ4v) is 5.13. The lowest BCUT2D eigenvalue weighted by Gasteiger charge is -2.42. The van der Waals surface area contributed by atoms with Gasteiger partial charge in [-0.1, -0.05) is 18.2 Å². The summed E-state index contributed by atoms with van der Waals surface area (Å²) in [6.45, 7) is 2.95. The van der Waals surface area contributed by atoms with Crippen LogP contribution >= 0.6 is 0 Å². The number of nitrogens with one attached hydrogen (secondary N) is 1. The van der Waals surface area contributed by atoms with Crippen LogP contribution in [0.2, 0.25) is 0 Å². The lowest BCUT2D eigenvalue weighted by atomic mass is 9.81. The summed E-state index contributed by atoms with van der Waals surface area (Å²) in [6.07, 6.45) is 3.78. The highest BCUT2D eigenvalue weighted by atomic mass is 16.4. The summed E-state index contributed by atoms with van der Waals surface area (Å²) in [5.74, 6) is -1.46. The number of fused-ring (bicyclic) bond motifs is 3. The number of carboxylic acids is 1. The number of aliphatic carboxylic acids is 1. The molecular weight excluding hydrogens is 330 g/mol. The Morgan fingerprint density at radius 3 is 2.77 bits per heavy atom. The molecule has 1 aromatic carbocycles. The van der Waals surface area contributed by atoms with Crippen LogP contribution in [0.3, 0.4) is 0 Å². The van der Waals surface area contributed by atoms with E-state index in [0.29, 0.717) is 25.6 Å². The fourth-order valence-electron chi connectivity index (χ4n) is 5.13.